The van der Waals surface area contributed by atoms with Crippen molar-refractivity contribution < 1.29 is 18.3 Å². The van der Waals surface area contributed by atoms with Gasteiger partial charge in [-0.05, 0) is 25.1 Å². The Bertz CT molecular complexity index is 755. The molecule has 0 saturated carbocycles. The van der Waals surface area contributed by atoms with Gasteiger partial charge in [0.25, 0.3) is 0 Å². The van der Waals surface area contributed by atoms with E-state index in [4.69, 9.17) is 5.11 Å². The van der Waals surface area contributed by atoms with Crippen LogP contribution in [0, 0.1) is 6.92 Å². The average Bonchev–Trinajstić information content (AvgIpc) is 2.84. The van der Waals surface area contributed by atoms with Crippen molar-refractivity contribution in [2.45, 2.75) is 16.2 Å². The number of rotatable bonds is 6. The number of carboxylic acid groups (broad SMARTS) is 1. The van der Waals surface area contributed by atoms with Crippen LogP contribution in [0.15, 0.2) is 33.5 Å². The Morgan fingerprint density at radius 1 is 1.38 bits per heavy atom. The highest BCUT2D eigenvalue weighted by Crippen LogP contribution is 2.23. The number of aromatic nitrogens is 2. The van der Waals surface area contributed by atoms with Crippen LogP contribution in [0.1, 0.15) is 15.4 Å². The molecule has 0 aliphatic heterocycles. The molecule has 0 fully saturated rings. The summed E-state index contributed by atoms with van der Waals surface area (Å²) in [5, 5.41) is 17.5. The molecule has 0 aliphatic carbocycles. The van der Waals surface area contributed by atoms with Crippen molar-refractivity contribution in [3.05, 3.63) is 34.8 Å². The van der Waals surface area contributed by atoms with E-state index in [1.807, 2.05) is 6.92 Å². The van der Waals surface area contributed by atoms with Gasteiger partial charge in [0.2, 0.25) is 0 Å². The molecule has 112 valence electrons. The second kappa shape index (κ2) is 6.54. The summed E-state index contributed by atoms with van der Waals surface area (Å²) >= 11 is 2.73. The molecule has 0 atom stereocenters. The molecular weight excluding hydrogens is 332 g/mol. The van der Waals surface area contributed by atoms with Gasteiger partial charge in [0.1, 0.15) is 5.01 Å². The van der Waals surface area contributed by atoms with Crippen molar-refractivity contribution in [1.29, 1.82) is 0 Å². The fourth-order valence-electron chi connectivity index (χ4n) is 1.52. The maximum Gasteiger partial charge on any atom is 0.335 e. The molecule has 1 aromatic heterocycles. The number of aryl methyl sites for hydroxylation is 1. The minimum atomic E-state index is -3.51. The Morgan fingerprint density at radius 2 is 2.14 bits per heavy atom. The van der Waals surface area contributed by atoms with Crippen LogP contribution in [-0.2, 0) is 9.84 Å². The molecule has 0 saturated heterocycles. The van der Waals surface area contributed by atoms with Crippen molar-refractivity contribution >= 4 is 38.9 Å². The highest BCUT2D eigenvalue weighted by Gasteiger charge is 2.16. The largest absolute Gasteiger partial charge is 0.478 e. The van der Waals surface area contributed by atoms with E-state index in [-0.39, 0.29) is 16.2 Å². The van der Waals surface area contributed by atoms with Crippen LogP contribution in [0.25, 0.3) is 0 Å². The van der Waals surface area contributed by atoms with Gasteiger partial charge >= 0.3 is 5.97 Å². The summed E-state index contributed by atoms with van der Waals surface area (Å²) in [6.07, 6.45) is 0. The lowest BCUT2D eigenvalue weighted by molar-refractivity contribution is 0.0696. The molecule has 1 heterocycles. The molecule has 21 heavy (non-hydrogen) atoms. The molecule has 1 aromatic carbocycles. The van der Waals surface area contributed by atoms with Crippen LogP contribution in [-0.4, -0.2) is 41.2 Å². The van der Waals surface area contributed by atoms with Crippen LogP contribution in [0.4, 0.5) is 0 Å². The molecular formula is C12H12N2O4S3. The molecule has 2 aromatic rings. The summed E-state index contributed by atoms with van der Waals surface area (Å²) in [7, 11) is -3.51. The average molecular weight is 344 g/mol. The second-order valence-electron chi connectivity index (χ2n) is 4.09. The van der Waals surface area contributed by atoms with Gasteiger partial charge in [-0.1, -0.05) is 29.2 Å². The molecule has 0 amide bonds. The third-order valence-electron chi connectivity index (χ3n) is 2.53. The fourth-order valence-corrected chi connectivity index (χ4v) is 5.09. The van der Waals surface area contributed by atoms with Crippen LogP contribution in [0.3, 0.4) is 0 Å². The van der Waals surface area contributed by atoms with E-state index >= 15 is 0 Å². The predicted molar refractivity (Wildman–Crippen MR) is 80.8 cm³/mol. The van der Waals surface area contributed by atoms with Crippen molar-refractivity contribution in [3.8, 4) is 0 Å². The normalized spacial score (nSPS) is 11.5. The van der Waals surface area contributed by atoms with Gasteiger partial charge in [-0.15, -0.1) is 10.2 Å². The Kier molecular flexibility index (Phi) is 4.96. The number of aromatic carboxylic acids is 1. The Labute approximate surface area is 130 Å². The van der Waals surface area contributed by atoms with Crippen LogP contribution >= 0.6 is 23.1 Å². The topological polar surface area (TPSA) is 97.2 Å². The number of thioether (sulfide) groups is 1. The molecule has 0 bridgehead atoms. The number of hydrogen-bond acceptors (Lipinski definition) is 7. The number of sulfone groups is 1. The van der Waals surface area contributed by atoms with E-state index in [2.05, 4.69) is 10.2 Å². The highest BCUT2D eigenvalue weighted by atomic mass is 32.2. The molecule has 0 spiro atoms. The van der Waals surface area contributed by atoms with E-state index in [0.29, 0.717) is 5.75 Å². The van der Waals surface area contributed by atoms with Crippen LogP contribution in [0.5, 0.6) is 0 Å². The van der Waals surface area contributed by atoms with Crippen LogP contribution < -0.4 is 0 Å². The minimum Gasteiger partial charge on any atom is -0.478 e. The van der Waals surface area contributed by atoms with E-state index in [9.17, 15) is 13.2 Å². The summed E-state index contributed by atoms with van der Waals surface area (Å²) in [4.78, 5) is 10.9. The van der Waals surface area contributed by atoms with Gasteiger partial charge in [-0.25, -0.2) is 13.2 Å². The fraction of sp³-hybridized carbons (Fsp3) is 0.250. The quantitative estimate of drug-likeness (QED) is 0.801. The smallest absolute Gasteiger partial charge is 0.335 e. The van der Waals surface area contributed by atoms with E-state index in [0.717, 1.165) is 9.35 Å². The molecule has 0 radical (unpaired) electrons. The molecule has 2 rings (SSSR count). The standard InChI is InChI=1S/C12H12N2O4S3/c1-8-13-14-12(20-8)19-5-6-21(17,18)10-4-2-3-9(7-10)11(15)16/h2-4,7H,5-6H2,1H3,(H,15,16). The van der Waals surface area contributed by atoms with Gasteiger partial charge in [-0.2, -0.15) is 0 Å². The van der Waals surface area contributed by atoms with Gasteiger partial charge in [0, 0.05) is 5.75 Å². The second-order valence-corrected chi connectivity index (χ2v) is 8.72. The number of hydrogen-bond donors (Lipinski definition) is 1. The van der Waals surface area contributed by atoms with Gasteiger partial charge in [-0.3, -0.25) is 0 Å². The van der Waals surface area contributed by atoms with E-state index in [1.54, 1.807) is 0 Å². The first-order valence-corrected chi connectivity index (χ1v) is 9.33. The number of nitrogens with zero attached hydrogens (tertiary/aromatic N) is 2. The summed E-state index contributed by atoms with van der Waals surface area (Å²) in [5.74, 6) is -0.890. The van der Waals surface area contributed by atoms with Gasteiger partial charge in [0.15, 0.2) is 14.2 Å². The van der Waals surface area contributed by atoms with Crippen molar-refractivity contribution in [3.63, 3.8) is 0 Å². The molecule has 0 unspecified atom stereocenters. The first-order chi connectivity index (χ1) is 9.88. The predicted octanol–water partition coefficient (Wildman–Crippen LogP) is 2.11. The first-order valence-electron chi connectivity index (χ1n) is 5.87. The third kappa shape index (κ3) is 4.26. The van der Waals surface area contributed by atoms with Crippen molar-refractivity contribution in [2.75, 3.05) is 11.5 Å². The lowest BCUT2D eigenvalue weighted by Gasteiger charge is -2.04. The molecule has 9 heteroatoms. The summed E-state index contributed by atoms with van der Waals surface area (Å²) in [6.45, 7) is 1.83. The Hall–Kier alpha value is -1.45. The molecule has 1 N–H and O–H groups in total. The molecule has 0 aliphatic rings. The SMILES string of the molecule is Cc1nnc(SCCS(=O)(=O)c2cccc(C(=O)O)c2)s1. The lowest BCUT2D eigenvalue weighted by atomic mass is 10.2. The lowest BCUT2D eigenvalue weighted by Crippen LogP contribution is -2.10. The van der Waals surface area contributed by atoms with E-state index < -0.39 is 15.8 Å². The van der Waals surface area contributed by atoms with Crippen LogP contribution in [0.2, 0.25) is 0 Å². The van der Waals surface area contributed by atoms with E-state index in [1.165, 1.54) is 47.4 Å². The zero-order valence-corrected chi connectivity index (χ0v) is 13.5. The zero-order valence-electron chi connectivity index (χ0n) is 11.0. The van der Waals surface area contributed by atoms with Crippen molar-refractivity contribution in [1.82, 2.24) is 10.2 Å². The van der Waals surface area contributed by atoms with Gasteiger partial charge < -0.3 is 5.11 Å². The Morgan fingerprint density at radius 3 is 2.76 bits per heavy atom. The minimum absolute atomic E-state index is 0.0245. The Balaban J connectivity index is 2.04. The first kappa shape index (κ1) is 15.9. The number of carbonyl (C=O) groups is 1. The summed E-state index contributed by atoms with van der Waals surface area (Å²) < 4.78 is 25.1. The maximum atomic E-state index is 12.2. The summed E-state index contributed by atoms with van der Waals surface area (Å²) in [6, 6.07) is 5.37. The zero-order chi connectivity index (χ0) is 15.5. The molecule has 6 nitrogen and oxygen atoms in total. The summed E-state index contributed by atoms with van der Waals surface area (Å²) in [5.41, 5.74) is -0.0384. The number of carboxylic acids is 1. The van der Waals surface area contributed by atoms with Gasteiger partial charge in [0.05, 0.1) is 16.2 Å². The maximum absolute atomic E-state index is 12.2. The van der Waals surface area contributed by atoms with Crippen molar-refractivity contribution in [2.24, 2.45) is 0 Å². The number of benzene rings is 1. The monoisotopic (exact) mass is 344 g/mol. The third-order valence-corrected chi connectivity index (χ3v) is 6.47. The highest BCUT2D eigenvalue weighted by molar-refractivity contribution is 8.02.